The molecule has 0 aliphatic carbocycles. The van der Waals surface area contributed by atoms with Gasteiger partial charge in [0.1, 0.15) is 6.29 Å². The SMILES string of the molecule is CC(C)C[C@@H](C=O)c1cc(C#N)cc(-c2ccc(C(F)(F)F)cc2)c1. The van der Waals surface area contributed by atoms with E-state index in [1.807, 2.05) is 19.9 Å². The van der Waals surface area contributed by atoms with Crippen molar-refractivity contribution < 1.29 is 18.0 Å². The predicted molar refractivity (Wildman–Crippen MR) is 89.9 cm³/mol. The molecule has 0 saturated heterocycles. The van der Waals surface area contributed by atoms with Crippen LogP contribution in [-0.4, -0.2) is 6.29 Å². The first-order valence-electron chi connectivity index (χ1n) is 7.92. The van der Waals surface area contributed by atoms with Crippen molar-refractivity contribution in [1.29, 1.82) is 5.26 Å². The van der Waals surface area contributed by atoms with Gasteiger partial charge in [0.15, 0.2) is 0 Å². The van der Waals surface area contributed by atoms with Crippen LogP contribution in [0.25, 0.3) is 11.1 Å². The average Bonchev–Trinajstić information content (AvgIpc) is 2.58. The largest absolute Gasteiger partial charge is 0.416 e. The highest BCUT2D eigenvalue weighted by Crippen LogP contribution is 2.32. The maximum absolute atomic E-state index is 12.7. The van der Waals surface area contributed by atoms with E-state index in [2.05, 4.69) is 0 Å². The zero-order valence-corrected chi connectivity index (χ0v) is 14.0. The van der Waals surface area contributed by atoms with Gasteiger partial charge in [0.05, 0.1) is 17.2 Å². The molecule has 0 amide bonds. The molecule has 0 aliphatic heterocycles. The van der Waals surface area contributed by atoms with Crippen molar-refractivity contribution in [1.82, 2.24) is 0 Å². The van der Waals surface area contributed by atoms with Crippen LogP contribution in [-0.2, 0) is 11.0 Å². The normalized spacial score (nSPS) is 12.7. The minimum absolute atomic E-state index is 0.301. The zero-order chi connectivity index (χ0) is 18.6. The van der Waals surface area contributed by atoms with Crippen LogP contribution in [0.4, 0.5) is 13.2 Å². The minimum atomic E-state index is -4.39. The Bertz CT molecular complexity index is 786. The lowest BCUT2D eigenvalue weighted by atomic mass is 9.88. The van der Waals surface area contributed by atoms with Gasteiger partial charge in [0, 0.05) is 5.92 Å². The molecule has 0 saturated carbocycles. The standard InChI is InChI=1S/C20H18F3NO/c1-13(2)7-18(12-25)17-9-14(11-24)8-16(10-17)15-3-5-19(6-4-15)20(21,22)23/h3-6,8-10,12-13,18H,7H2,1-2H3/t18-/m0/s1. The van der Waals surface area contributed by atoms with Crippen LogP contribution in [0, 0.1) is 17.2 Å². The molecular weight excluding hydrogens is 327 g/mol. The number of halogens is 3. The van der Waals surface area contributed by atoms with Crippen LogP contribution in [0.1, 0.15) is 42.9 Å². The van der Waals surface area contributed by atoms with Crippen LogP contribution < -0.4 is 0 Å². The Labute approximate surface area is 144 Å². The van der Waals surface area contributed by atoms with E-state index in [9.17, 15) is 23.2 Å². The van der Waals surface area contributed by atoms with Gasteiger partial charge in [-0.1, -0.05) is 32.0 Å². The van der Waals surface area contributed by atoms with E-state index in [1.54, 1.807) is 18.2 Å². The van der Waals surface area contributed by atoms with Crippen molar-refractivity contribution >= 4 is 6.29 Å². The number of alkyl halides is 3. The quantitative estimate of drug-likeness (QED) is 0.665. The summed E-state index contributed by atoms with van der Waals surface area (Å²) in [6, 6.07) is 11.9. The highest BCUT2D eigenvalue weighted by molar-refractivity contribution is 5.70. The first kappa shape index (κ1) is 18.7. The van der Waals surface area contributed by atoms with Gasteiger partial charge in [-0.25, -0.2) is 0 Å². The molecule has 0 aliphatic rings. The molecular formula is C20H18F3NO. The molecule has 0 heterocycles. The summed E-state index contributed by atoms with van der Waals surface area (Å²) in [5.74, 6) is -0.0445. The summed E-state index contributed by atoms with van der Waals surface area (Å²) in [5.41, 5.74) is 1.55. The number of rotatable bonds is 5. The molecule has 130 valence electrons. The molecule has 2 nitrogen and oxygen atoms in total. The van der Waals surface area contributed by atoms with Gasteiger partial charge in [0.25, 0.3) is 0 Å². The van der Waals surface area contributed by atoms with E-state index in [-0.39, 0.29) is 5.92 Å². The number of benzene rings is 2. The van der Waals surface area contributed by atoms with Crippen molar-refractivity contribution in [2.45, 2.75) is 32.4 Å². The summed E-state index contributed by atoms with van der Waals surface area (Å²) in [7, 11) is 0. The zero-order valence-electron chi connectivity index (χ0n) is 14.0. The lowest BCUT2D eigenvalue weighted by Crippen LogP contribution is -2.05. The molecule has 0 bridgehead atoms. The van der Waals surface area contributed by atoms with Gasteiger partial charge in [-0.3, -0.25) is 0 Å². The highest BCUT2D eigenvalue weighted by atomic mass is 19.4. The van der Waals surface area contributed by atoms with Gasteiger partial charge in [-0.2, -0.15) is 18.4 Å². The second kappa shape index (κ2) is 7.52. The van der Waals surface area contributed by atoms with Crippen LogP contribution >= 0.6 is 0 Å². The molecule has 0 unspecified atom stereocenters. The molecule has 0 radical (unpaired) electrons. The minimum Gasteiger partial charge on any atom is -0.303 e. The van der Waals surface area contributed by atoms with Crippen molar-refractivity contribution in [2.24, 2.45) is 5.92 Å². The lowest BCUT2D eigenvalue weighted by Gasteiger charge is -2.15. The van der Waals surface area contributed by atoms with Crippen LogP contribution in [0.3, 0.4) is 0 Å². The van der Waals surface area contributed by atoms with E-state index in [0.29, 0.717) is 34.6 Å². The Kier molecular flexibility index (Phi) is 5.63. The van der Waals surface area contributed by atoms with Crippen molar-refractivity contribution in [3.05, 3.63) is 59.2 Å². The molecule has 0 fully saturated rings. The predicted octanol–water partition coefficient (Wildman–Crippen LogP) is 5.57. The number of carbonyl (C=O) groups excluding carboxylic acids is 1. The first-order chi connectivity index (χ1) is 11.7. The molecule has 25 heavy (non-hydrogen) atoms. The number of nitrogens with zero attached hydrogens (tertiary/aromatic N) is 1. The number of carbonyl (C=O) groups is 1. The van der Waals surface area contributed by atoms with Crippen LogP contribution in [0.5, 0.6) is 0 Å². The van der Waals surface area contributed by atoms with Gasteiger partial charge in [-0.05, 0) is 53.3 Å². The second-order valence-electron chi connectivity index (χ2n) is 6.40. The third-order valence-corrected chi connectivity index (χ3v) is 3.95. The molecule has 2 aromatic rings. The molecule has 2 aromatic carbocycles. The second-order valence-corrected chi connectivity index (χ2v) is 6.40. The Morgan fingerprint density at radius 1 is 1.08 bits per heavy atom. The summed E-state index contributed by atoms with van der Waals surface area (Å²) in [6.07, 6.45) is -2.89. The molecule has 1 atom stereocenters. The van der Waals surface area contributed by atoms with Crippen molar-refractivity contribution in [3.8, 4) is 17.2 Å². The summed E-state index contributed by atoms with van der Waals surface area (Å²) < 4.78 is 38.1. The maximum atomic E-state index is 12.7. The van der Waals surface area contributed by atoms with Gasteiger partial charge >= 0.3 is 6.18 Å². The molecule has 0 spiro atoms. The summed E-state index contributed by atoms with van der Waals surface area (Å²) in [4.78, 5) is 11.4. The van der Waals surface area contributed by atoms with E-state index >= 15 is 0 Å². The highest BCUT2D eigenvalue weighted by Gasteiger charge is 2.30. The molecule has 5 heteroatoms. The molecule has 0 aromatic heterocycles. The van der Waals surface area contributed by atoms with E-state index < -0.39 is 11.7 Å². The molecule has 0 N–H and O–H groups in total. The average molecular weight is 345 g/mol. The van der Waals surface area contributed by atoms with E-state index in [4.69, 9.17) is 0 Å². The smallest absolute Gasteiger partial charge is 0.303 e. The fraction of sp³-hybridized carbons (Fsp3) is 0.300. The first-order valence-corrected chi connectivity index (χ1v) is 7.92. The number of nitriles is 1. The van der Waals surface area contributed by atoms with Crippen LogP contribution in [0.15, 0.2) is 42.5 Å². The Balaban J connectivity index is 2.46. The van der Waals surface area contributed by atoms with E-state index in [0.717, 1.165) is 18.4 Å². The van der Waals surface area contributed by atoms with Crippen molar-refractivity contribution in [2.75, 3.05) is 0 Å². The Morgan fingerprint density at radius 2 is 1.72 bits per heavy atom. The van der Waals surface area contributed by atoms with Gasteiger partial charge < -0.3 is 4.79 Å². The monoisotopic (exact) mass is 345 g/mol. The Hall–Kier alpha value is -2.61. The summed E-state index contributed by atoms with van der Waals surface area (Å²) in [5, 5.41) is 9.23. The Morgan fingerprint density at radius 3 is 2.20 bits per heavy atom. The summed E-state index contributed by atoms with van der Waals surface area (Å²) in [6.45, 7) is 4.00. The lowest BCUT2D eigenvalue weighted by molar-refractivity contribution is -0.137. The number of aldehydes is 1. The number of hydrogen-bond acceptors (Lipinski definition) is 2. The number of hydrogen-bond donors (Lipinski definition) is 0. The molecule has 2 rings (SSSR count). The third-order valence-electron chi connectivity index (χ3n) is 3.95. The van der Waals surface area contributed by atoms with E-state index in [1.165, 1.54) is 12.1 Å². The van der Waals surface area contributed by atoms with Gasteiger partial charge in [0.2, 0.25) is 0 Å². The van der Waals surface area contributed by atoms with Gasteiger partial charge in [-0.15, -0.1) is 0 Å². The fourth-order valence-electron chi connectivity index (χ4n) is 2.73. The van der Waals surface area contributed by atoms with Crippen molar-refractivity contribution in [3.63, 3.8) is 0 Å². The maximum Gasteiger partial charge on any atom is 0.416 e. The third kappa shape index (κ3) is 4.69. The topological polar surface area (TPSA) is 40.9 Å². The summed E-state index contributed by atoms with van der Waals surface area (Å²) >= 11 is 0. The fourth-order valence-corrected chi connectivity index (χ4v) is 2.73. The van der Waals surface area contributed by atoms with Crippen LogP contribution in [0.2, 0.25) is 0 Å².